The van der Waals surface area contributed by atoms with Crippen LogP contribution in [0.2, 0.25) is 0 Å². The van der Waals surface area contributed by atoms with Crippen LogP contribution in [0.3, 0.4) is 0 Å². The number of aliphatic hydroxyl groups is 1. The Labute approximate surface area is 198 Å². The van der Waals surface area contributed by atoms with Gasteiger partial charge in [-0.25, -0.2) is 4.68 Å². The van der Waals surface area contributed by atoms with Gasteiger partial charge in [-0.15, -0.1) is 0 Å². The lowest BCUT2D eigenvalue weighted by molar-refractivity contribution is -0.0414. The molecule has 4 aliphatic carbocycles. The summed E-state index contributed by atoms with van der Waals surface area (Å²) < 4.78 is 7.53. The Balaban J connectivity index is 1.31. The normalized spacial score (nSPS) is 39.9. The minimum Gasteiger partial charge on any atom is -0.497 e. The molecule has 7 atom stereocenters. The van der Waals surface area contributed by atoms with Crippen molar-refractivity contribution >= 4 is 0 Å². The second kappa shape index (κ2) is 7.73. The molecule has 3 fully saturated rings. The number of rotatable bonds is 3. The average molecular weight is 447 g/mol. The summed E-state index contributed by atoms with van der Waals surface area (Å²) >= 11 is 0. The van der Waals surface area contributed by atoms with Crippen molar-refractivity contribution in [1.82, 2.24) is 9.78 Å². The largest absolute Gasteiger partial charge is 0.497 e. The zero-order chi connectivity index (χ0) is 22.8. The van der Waals surface area contributed by atoms with Gasteiger partial charge >= 0.3 is 0 Å². The van der Waals surface area contributed by atoms with Crippen LogP contribution in [-0.2, 0) is 0 Å². The van der Waals surface area contributed by atoms with Gasteiger partial charge in [0.05, 0.1) is 18.9 Å². The third kappa shape index (κ3) is 3.16. The predicted molar refractivity (Wildman–Crippen MR) is 131 cm³/mol. The van der Waals surface area contributed by atoms with E-state index in [-0.39, 0.29) is 6.10 Å². The van der Waals surface area contributed by atoms with Crippen molar-refractivity contribution in [2.45, 2.75) is 77.2 Å². The maximum Gasteiger partial charge on any atom is 0.119 e. The van der Waals surface area contributed by atoms with Gasteiger partial charge in [-0.1, -0.05) is 25.5 Å². The van der Waals surface area contributed by atoms with E-state index in [0.717, 1.165) is 48.5 Å². The summed E-state index contributed by atoms with van der Waals surface area (Å²) in [6, 6.07) is 10.6. The molecule has 176 valence electrons. The molecule has 3 saturated carbocycles. The number of nitrogens with zero attached hydrogens (tertiary/aromatic N) is 2. The number of benzene rings is 1. The van der Waals surface area contributed by atoms with E-state index in [1.165, 1.54) is 37.8 Å². The van der Waals surface area contributed by atoms with Gasteiger partial charge < -0.3 is 9.84 Å². The second-order valence-electron chi connectivity index (χ2n) is 11.7. The van der Waals surface area contributed by atoms with Crippen LogP contribution in [0.5, 0.6) is 5.75 Å². The van der Waals surface area contributed by atoms with Crippen molar-refractivity contribution in [2.75, 3.05) is 7.11 Å². The first-order valence-corrected chi connectivity index (χ1v) is 13.0. The topological polar surface area (TPSA) is 47.3 Å². The molecular formula is C29H38N2O2. The van der Waals surface area contributed by atoms with E-state index in [0.29, 0.717) is 16.7 Å². The van der Waals surface area contributed by atoms with Crippen molar-refractivity contribution in [3.8, 4) is 11.4 Å². The number of methoxy groups -OCH3 is 1. The lowest BCUT2D eigenvalue weighted by Gasteiger charge is -2.58. The highest BCUT2D eigenvalue weighted by Crippen LogP contribution is 2.68. The highest BCUT2D eigenvalue weighted by atomic mass is 16.5. The fourth-order valence-corrected chi connectivity index (χ4v) is 8.64. The molecule has 1 aromatic carbocycles. The van der Waals surface area contributed by atoms with E-state index in [1.54, 1.807) is 12.7 Å². The summed E-state index contributed by atoms with van der Waals surface area (Å²) in [6.07, 6.45) is 13.9. The number of ether oxygens (including phenoxy) is 1. The molecule has 1 heterocycles. The van der Waals surface area contributed by atoms with E-state index >= 15 is 0 Å². The van der Waals surface area contributed by atoms with Gasteiger partial charge in [0.1, 0.15) is 5.75 Å². The van der Waals surface area contributed by atoms with Crippen LogP contribution < -0.4 is 4.74 Å². The summed E-state index contributed by atoms with van der Waals surface area (Å²) in [5, 5.41) is 15.0. The minimum atomic E-state index is -0.121. The molecule has 0 radical (unpaired) electrons. The monoisotopic (exact) mass is 446 g/mol. The van der Waals surface area contributed by atoms with Crippen LogP contribution in [0, 0.1) is 28.6 Å². The number of aromatic nitrogens is 2. The predicted octanol–water partition coefficient (Wildman–Crippen LogP) is 6.29. The van der Waals surface area contributed by atoms with E-state index in [1.807, 2.05) is 18.3 Å². The van der Waals surface area contributed by atoms with Gasteiger partial charge in [0.2, 0.25) is 0 Å². The van der Waals surface area contributed by atoms with Gasteiger partial charge in [0.15, 0.2) is 0 Å². The van der Waals surface area contributed by atoms with Gasteiger partial charge in [-0.3, -0.25) is 0 Å². The first kappa shape index (κ1) is 21.5. The van der Waals surface area contributed by atoms with Crippen LogP contribution in [0.15, 0.2) is 48.2 Å². The third-order valence-corrected chi connectivity index (χ3v) is 10.4. The zero-order valence-electron chi connectivity index (χ0n) is 20.3. The molecule has 0 bridgehead atoms. The maximum absolute atomic E-state index is 10.3. The third-order valence-electron chi connectivity index (χ3n) is 10.4. The molecule has 4 heteroatoms. The lowest BCUT2D eigenvalue weighted by Crippen LogP contribution is -2.50. The zero-order valence-corrected chi connectivity index (χ0v) is 20.3. The molecule has 0 saturated heterocycles. The number of aliphatic hydroxyl groups excluding tert-OH is 1. The van der Waals surface area contributed by atoms with Gasteiger partial charge in [0.25, 0.3) is 0 Å². The van der Waals surface area contributed by atoms with E-state index < -0.39 is 0 Å². The van der Waals surface area contributed by atoms with E-state index in [9.17, 15) is 5.11 Å². The Hall–Kier alpha value is -2.07. The summed E-state index contributed by atoms with van der Waals surface area (Å²) in [7, 11) is 1.71. The number of fused-ring (bicyclic) bond motifs is 5. The Kier molecular flexibility index (Phi) is 5.03. The standard InChI is InChI=1S/C29H38N2O2/c1-28-15-12-21(32)18-19(28)4-9-23-24-10-11-26(29(24,2)16-13-25(23)28)27-14-17-30-31(27)20-5-7-22(33-3)8-6-20/h4-8,14,17,21,23-26,32H,9-13,15-16,18H2,1-3H3/t21-,23-,24-,25-,26+,28-,29-/m0/s1. The lowest BCUT2D eigenvalue weighted by atomic mass is 9.47. The van der Waals surface area contributed by atoms with Gasteiger partial charge in [0, 0.05) is 17.8 Å². The molecule has 33 heavy (non-hydrogen) atoms. The number of allylic oxidation sites excluding steroid dienone is 1. The summed E-state index contributed by atoms with van der Waals surface area (Å²) in [4.78, 5) is 0. The molecule has 4 nitrogen and oxygen atoms in total. The second-order valence-corrected chi connectivity index (χ2v) is 11.7. The van der Waals surface area contributed by atoms with Crippen LogP contribution in [0.4, 0.5) is 0 Å². The molecule has 2 aromatic rings. The number of hydrogen-bond donors (Lipinski definition) is 1. The number of hydrogen-bond acceptors (Lipinski definition) is 3. The molecular weight excluding hydrogens is 408 g/mol. The van der Waals surface area contributed by atoms with Crippen molar-refractivity contribution < 1.29 is 9.84 Å². The quantitative estimate of drug-likeness (QED) is 0.564. The van der Waals surface area contributed by atoms with Gasteiger partial charge in [-0.2, -0.15) is 5.10 Å². The van der Waals surface area contributed by atoms with E-state index in [2.05, 4.69) is 42.8 Å². The molecule has 0 spiro atoms. The van der Waals surface area contributed by atoms with Crippen molar-refractivity contribution in [3.63, 3.8) is 0 Å². The van der Waals surface area contributed by atoms with Crippen molar-refractivity contribution in [2.24, 2.45) is 28.6 Å². The van der Waals surface area contributed by atoms with Crippen molar-refractivity contribution in [1.29, 1.82) is 0 Å². The Bertz CT molecular complexity index is 1060. The van der Waals surface area contributed by atoms with E-state index in [4.69, 9.17) is 9.84 Å². The summed E-state index contributed by atoms with van der Waals surface area (Å²) in [6.45, 7) is 5.11. The molecule has 0 amide bonds. The van der Waals surface area contributed by atoms with Crippen LogP contribution in [0.1, 0.15) is 76.8 Å². The first-order valence-electron chi connectivity index (χ1n) is 13.0. The average Bonchev–Trinajstić information content (AvgIpc) is 3.43. The fraction of sp³-hybridized carbons (Fsp3) is 0.621. The van der Waals surface area contributed by atoms with Crippen molar-refractivity contribution in [3.05, 3.63) is 53.9 Å². The highest BCUT2D eigenvalue weighted by Gasteiger charge is 2.59. The van der Waals surface area contributed by atoms with Crippen LogP contribution in [-0.4, -0.2) is 28.1 Å². The molecule has 0 unspecified atom stereocenters. The summed E-state index contributed by atoms with van der Waals surface area (Å²) in [5.41, 5.74) is 4.71. The van der Waals surface area contributed by atoms with Crippen LogP contribution in [0.25, 0.3) is 5.69 Å². The first-order chi connectivity index (χ1) is 15.9. The molecule has 1 aromatic heterocycles. The molecule has 6 rings (SSSR count). The minimum absolute atomic E-state index is 0.121. The Morgan fingerprint density at radius 2 is 1.82 bits per heavy atom. The molecule has 1 N–H and O–H groups in total. The maximum atomic E-state index is 10.3. The van der Waals surface area contributed by atoms with Gasteiger partial charge in [-0.05, 0) is 110 Å². The summed E-state index contributed by atoms with van der Waals surface area (Å²) in [5.74, 6) is 3.79. The molecule has 4 aliphatic rings. The smallest absolute Gasteiger partial charge is 0.119 e. The fourth-order valence-electron chi connectivity index (χ4n) is 8.64. The SMILES string of the molecule is COc1ccc(-n2nccc2[C@H]2CC[C@H]3[C@@H]4CC=C5C[C@@H](O)CC[C@]5(C)[C@H]4CC[C@]23C)cc1. The Morgan fingerprint density at radius 1 is 1.00 bits per heavy atom. The van der Waals surface area contributed by atoms with Crippen LogP contribution >= 0.6 is 0 Å². The molecule has 0 aliphatic heterocycles. The highest BCUT2D eigenvalue weighted by molar-refractivity contribution is 5.39. The Morgan fingerprint density at radius 3 is 2.61 bits per heavy atom.